The molecule has 3 N–H and O–H groups in total. The van der Waals surface area contributed by atoms with Crippen LogP contribution in [0.1, 0.15) is 18.5 Å². The topological polar surface area (TPSA) is 81.8 Å². The molecule has 106 valence electrons. The summed E-state index contributed by atoms with van der Waals surface area (Å²) >= 11 is 3.10. The van der Waals surface area contributed by atoms with Gasteiger partial charge in [0.05, 0.1) is 24.2 Å². The highest BCUT2D eigenvalue weighted by atomic mass is 79.9. The molecule has 0 saturated carbocycles. The lowest BCUT2D eigenvalue weighted by Gasteiger charge is -2.18. The molecule has 0 aliphatic heterocycles. The molecule has 0 amide bonds. The number of phenolic OH excluding ortho intramolecular Hbond substituents is 1. The van der Waals surface area contributed by atoms with E-state index < -0.39 is 18.2 Å². The lowest BCUT2D eigenvalue weighted by molar-refractivity contribution is -0.149. The van der Waals surface area contributed by atoms with Gasteiger partial charge < -0.3 is 20.3 Å². The van der Waals surface area contributed by atoms with Gasteiger partial charge in [-0.15, -0.1) is 0 Å². The molecule has 7 heteroatoms. The summed E-state index contributed by atoms with van der Waals surface area (Å²) in [6.07, 6.45) is -2.06. The van der Waals surface area contributed by atoms with Crippen LogP contribution in [0.3, 0.4) is 0 Å². The number of methoxy groups -OCH3 is 1. The molecule has 0 spiro atoms. The van der Waals surface area contributed by atoms with E-state index in [9.17, 15) is 14.3 Å². The van der Waals surface area contributed by atoms with E-state index in [1.807, 2.05) is 0 Å². The van der Waals surface area contributed by atoms with Crippen molar-refractivity contribution in [3.8, 4) is 11.5 Å². The molecule has 1 aromatic carbocycles. The summed E-state index contributed by atoms with van der Waals surface area (Å²) < 4.78 is 23.7. The molecule has 1 rings (SSSR count). The van der Waals surface area contributed by atoms with Gasteiger partial charge in [0, 0.05) is 5.56 Å². The molecule has 0 radical (unpaired) electrons. The number of carbonyl (C=O) groups is 1. The van der Waals surface area contributed by atoms with Crippen molar-refractivity contribution in [1.29, 1.82) is 0 Å². The summed E-state index contributed by atoms with van der Waals surface area (Å²) in [6.45, 7) is 1.62. The van der Waals surface area contributed by atoms with Crippen LogP contribution in [-0.2, 0) is 9.53 Å². The standard InChI is InChI=1S/C12H15BrFNO4/c1-3-19-12(17)9(14)10(15)7-4-6(18-2)5-8(13)11(7)16/h4-5,9-10,16H,3,15H2,1-2H3/t9?,10-/m1/s1. The smallest absolute Gasteiger partial charge is 0.342 e. The summed E-state index contributed by atoms with van der Waals surface area (Å²) in [5, 5.41) is 9.85. The third kappa shape index (κ3) is 3.57. The van der Waals surface area contributed by atoms with Crippen LogP contribution in [0, 0.1) is 0 Å². The highest BCUT2D eigenvalue weighted by Gasteiger charge is 2.30. The molecular weight excluding hydrogens is 321 g/mol. The number of hydrogen-bond donors (Lipinski definition) is 2. The number of esters is 1. The molecule has 0 aromatic heterocycles. The maximum Gasteiger partial charge on any atom is 0.342 e. The molecule has 0 saturated heterocycles. The van der Waals surface area contributed by atoms with Crippen molar-refractivity contribution in [2.75, 3.05) is 13.7 Å². The summed E-state index contributed by atoms with van der Waals surface area (Å²) in [5.41, 5.74) is 5.71. The maximum atomic E-state index is 13.8. The van der Waals surface area contributed by atoms with Crippen LogP contribution in [-0.4, -0.2) is 31.0 Å². The zero-order valence-electron chi connectivity index (χ0n) is 10.5. The zero-order chi connectivity index (χ0) is 14.6. The van der Waals surface area contributed by atoms with E-state index in [0.29, 0.717) is 10.2 Å². The number of phenols is 1. The Kier molecular flexibility index (Phi) is 5.56. The number of rotatable bonds is 5. The number of ether oxygens (including phenoxy) is 2. The van der Waals surface area contributed by atoms with Crippen molar-refractivity contribution in [2.24, 2.45) is 5.73 Å². The van der Waals surface area contributed by atoms with Gasteiger partial charge in [-0.3, -0.25) is 0 Å². The lowest BCUT2D eigenvalue weighted by Crippen LogP contribution is -2.31. The average molecular weight is 336 g/mol. The molecule has 2 atom stereocenters. The Balaban J connectivity index is 3.07. The van der Waals surface area contributed by atoms with Gasteiger partial charge in [0.1, 0.15) is 11.5 Å². The van der Waals surface area contributed by atoms with Crippen LogP contribution in [0.5, 0.6) is 11.5 Å². The van der Waals surface area contributed by atoms with Gasteiger partial charge in [0.2, 0.25) is 6.17 Å². The Bertz CT molecular complexity index is 469. The first-order chi connectivity index (χ1) is 8.92. The third-order valence-corrected chi connectivity index (χ3v) is 3.09. The van der Waals surface area contributed by atoms with E-state index in [1.54, 1.807) is 6.92 Å². The first kappa shape index (κ1) is 15.7. The van der Waals surface area contributed by atoms with Gasteiger partial charge in [-0.2, -0.15) is 0 Å². The molecule has 0 heterocycles. The van der Waals surface area contributed by atoms with Crippen LogP contribution in [0.4, 0.5) is 4.39 Å². The Morgan fingerprint density at radius 3 is 2.74 bits per heavy atom. The maximum absolute atomic E-state index is 13.8. The highest BCUT2D eigenvalue weighted by molar-refractivity contribution is 9.10. The normalized spacial score (nSPS) is 13.7. The third-order valence-electron chi connectivity index (χ3n) is 2.49. The minimum Gasteiger partial charge on any atom is -0.506 e. The largest absolute Gasteiger partial charge is 0.506 e. The fourth-order valence-corrected chi connectivity index (χ4v) is 1.95. The highest BCUT2D eigenvalue weighted by Crippen LogP contribution is 2.37. The van der Waals surface area contributed by atoms with Gasteiger partial charge >= 0.3 is 5.97 Å². The van der Waals surface area contributed by atoms with E-state index in [2.05, 4.69) is 20.7 Å². The molecule has 0 aliphatic rings. The van der Waals surface area contributed by atoms with Gasteiger partial charge in [-0.1, -0.05) is 0 Å². The van der Waals surface area contributed by atoms with E-state index in [0.717, 1.165) is 0 Å². The molecule has 1 aromatic rings. The van der Waals surface area contributed by atoms with Crippen molar-refractivity contribution >= 4 is 21.9 Å². The van der Waals surface area contributed by atoms with Crippen molar-refractivity contribution in [2.45, 2.75) is 19.1 Å². The Labute approximate surface area is 118 Å². The predicted octanol–water partition coefficient (Wildman–Crippen LogP) is 2.06. The van der Waals surface area contributed by atoms with Crippen LogP contribution < -0.4 is 10.5 Å². The Morgan fingerprint density at radius 2 is 2.21 bits per heavy atom. The molecule has 1 unspecified atom stereocenters. The van der Waals surface area contributed by atoms with Crippen molar-refractivity contribution in [1.82, 2.24) is 0 Å². The van der Waals surface area contributed by atoms with Crippen LogP contribution in [0.15, 0.2) is 16.6 Å². The molecule has 0 aliphatic carbocycles. The zero-order valence-corrected chi connectivity index (χ0v) is 12.1. The van der Waals surface area contributed by atoms with Gasteiger partial charge in [0.15, 0.2) is 0 Å². The number of hydrogen-bond acceptors (Lipinski definition) is 5. The second-order valence-electron chi connectivity index (χ2n) is 3.73. The van der Waals surface area contributed by atoms with E-state index in [4.69, 9.17) is 10.5 Å². The number of halogens is 2. The van der Waals surface area contributed by atoms with E-state index in [1.165, 1.54) is 19.2 Å². The molecule has 19 heavy (non-hydrogen) atoms. The summed E-state index contributed by atoms with van der Waals surface area (Å²) in [4.78, 5) is 11.3. The first-order valence-electron chi connectivity index (χ1n) is 5.55. The average Bonchev–Trinajstić information content (AvgIpc) is 2.40. The number of aromatic hydroxyl groups is 1. The quantitative estimate of drug-likeness (QED) is 0.805. The number of alkyl halides is 1. The fraction of sp³-hybridized carbons (Fsp3) is 0.417. The predicted molar refractivity (Wildman–Crippen MR) is 70.8 cm³/mol. The summed E-state index contributed by atoms with van der Waals surface area (Å²) in [6, 6.07) is 1.53. The molecule has 0 bridgehead atoms. The van der Waals surface area contributed by atoms with E-state index in [-0.39, 0.29) is 17.9 Å². The minimum atomic E-state index is -2.06. The lowest BCUT2D eigenvalue weighted by atomic mass is 10.0. The van der Waals surface area contributed by atoms with Crippen LogP contribution in [0.25, 0.3) is 0 Å². The monoisotopic (exact) mass is 335 g/mol. The number of nitrogens with two attached hydrogens (primary N) is 1. The number of carbonyl (C=O) groups excluding carboxylic acids is 1. The summed E-state index contributed by atoms with van der Waals surface area (Å²) in [7, 11) is 1.42. The fourth-order valence-electron chi connectivity index (χ4n) is 1.49. The van der Waals surface area contributed by atoms with E-state index >= 15 is 0 Å². The van der Waals surface area contributed by atoms with Crippen LogP contribution >= 0.6 is 15.9 Å². The van der Waals surface area contributed by atoms with Crippen molar-refractivity contribution in [3.05, 3.63) is 22.2 Å². The first-order valence-corrected chi connectivity index (χ1v) is 6.34. The molecular formula is C12H15BrFNO4. The Hall–Kier alpha value is -1.34. The molecule has 5 nitrogen and oxygen atoms in total. The number of benzene rings is 1. The molecule has 0 fully saturated rings. The summed E-state index contributed by atoms with van der Waals surface area (Å²) in [5.74, 6) is -0.917. The van der Waals surface area contributed by atoms with Gasteiger partial charge in [-0.05, 0) is 35.0 Å². The van der Waals surface area contributed by atoms with Crippen molar-refractivity contribution < 1.29 is 23.8 Å². The second-order valence-corrected chi connectivity index (χ2v) is 4.58. The SMILES string of the molecule is CCOC(=O)C(F)[C@H](N)c1cc(OC)cc(Br)c1O. The minimum absolute atomic E-state index is 0.0553. The Morgan fingerprint density at radius 1 is 1.58 bits per heavy atom. The van der Waals surface area contributed by atoms with Crippen molar-refractivity contribution in [3.63, 3.8) is 0 Å². The van der Waals surface area contributed by atoms with Crippen LogP contribution in [0.2, 0.25) is 0 Å². The van der Waals surface area contributed by atoms with Gasteiger partial charge in [-0.25, -0.2) is 9.18 Å². The second kappa shape index (κ2) is 6.72. The van der Waals surface area contributed by atoms with Gasteiger partial charge in [0.25, 0.3) is 0 Å².